The lowest BCUT2D eigenvalue weighted by molar-refractivity contribution is -0.113. The lowest BCUT2D eigenvalue weighted by atomic mass is 9.88. The minimum atomic E-state index is -0.177. The van der Waals surface area contributed by atoms with Crippen LogP contribution in [0.15, 0.2) is 59.8 Å². The van der Waals surface area contributed by atoms with E-state index in [1.165, 1.54) is 5.56 Å². The first-order chi connectivity index (χ1) is 9.85. The Hall–Kier alpha value is -1.80. The van der Waals surface area contributed by atoms with E-state index < -0.39 is 0 Å². The molecule has 0 aliphatic carbocycles. The van der Waals surface area contributed by atoms with Gasteiger partial charge in [-0.05, 0) is 50.1 Å². The molecular weight excluding hydrogens is 282 g/mol. The van der Waals surface area contributed by atoms with Crippen molar-refractivity contribution in [1.29, 1.82) is 0 Å². The summed E-state index contributed by atoms with van der Waals surface area (Å²) in [5.41, 5.74) is 3.87. The second kappa shape index (κ2) is 5.90. The summed E-state index contributed by atoms with van der Waals surface area (Å²) in [5, 5.41) is 4.26. The van der Waals surface area contributed by atoms with E-state index in [1.807, 2.05) is 37.3 Å². The second-order valence-corrected chi connectivity index (χ2v) is 6.09. The third-order valence-corrected chi connectivity index (χ3v) is 4.18. The van der Waals surface area contributed by atoms with Crippen LogP contribution in [0, 0.1) is 0 Å². The van der Waals surface area contributed by atoms with Crippen molar-refractivity contribution in [3.05, 3.63) is 70.4 Å². The predicted molar refractivity (Wildman–Crippen MR) is 88.2 cm³/mol. The van der Waals surface area contributed by atoms with E-state index in [4.69, 9.17) is 11.6 Å². The van der Waals surface area contributed by atoms with E-state index in [1.54, 1.807) is 13.0 Å². The molecule has 1 aliphatic heterocycles. The number of hydrogen-bond acceptors (Lipinski definition) is 2. The number of ketones is 1. The number of allylic oxidation sites excluding steroid dienone is 4. The zero-order valence-corrected chi connectivity index (χ0v) is 13.4. The third-order valence-electron chi connectivity index (χ3n) is 3.93. The van der Waals surface area contributed by atoms with E-state index in [2.05, 4.69) is 18.8 Å². The molecular formula is C18H20ClNO. The smallest absolute Gasteiger partial charge is 0.159 e. The molecule has 0 radical (unpaired) electrons. The summed E-state index contributed by atoms with van der Waals surface area (Å²) in [7, 11) is 0. The Bertz CT molecular complexity index is 640. The van der Waals surface area contributed by atoms with Crippen LogP contribution in [-0.2, 0) is 10.3 Å². The summed E-state index contributed by atoms with van der Waals surface area (Å²) in [5.74, 6) is 0.0328. The molecule has 21 heavy (non-hydrogen) atoms. The monoisotopic (exact) mass is 301 g/mol. The highest BCUT2D eigenvalue weighted by molar-refractivity contribution is 6.30. The summed E-state index contributed by atoms with van der Waals surface area (Å²) < 4.78 is 0. The Kier molecular flexibility index (Phi) is 4.38. The van der Waals surface area contributed by atoms with Gasteiger partial charge in [0.15, 0.2) is 5.78 Å². The van der Waals surface area contributed by atoms with Crippen LogP contribution in [0.25, 0.3) is 0 Å². The third kappa shape index (κ3) is 3.27. The van der Waals surface area contributed by atoms with E-state index in [9.17, 15) is 4.79 Å². The van der Waals surface area contributed by atoms with Gasteiger partial charge in [0.2, 0.25) is 0 Å². The number of benzene rings is 1. The summed E-state index contributed by atoms with van der Waals surface area (Å²) >= 11 is 5.95. The molecule has 0 aromatic heterocycles. The number of halogens is 1. The summed E-state index contributed by atoms with van der Waals surface area (Å²) in [6.45, 7) is 9.46. The van der Waals surface area contributed by atoms with Crippen LogP contribution in [0.1, 0.15) is 32.8 Å². The molecule has 0 bridgehead atoms. The Balaban J connectivity index is 2.30. The zero-order valence-electron chi connectivity index (χ0n) is 12.7. The molecule has 1 atom stereocenters. The summed E-state index contributed by atoms with van der Waals surface area (Å²) in [4.78, 5) is 11.5. The predicted octanol–water partition coefficient (Wildman–Crippen LogP) is 4.52. The topological polar surface area (TPSA) is 29.1 Å². The number of rotatable bonds is 4. The molecule has 2 rings (SSSR count). The highest BCUT2D eigenvalue weighted by Crippen LogP contribution is 2.37. The minimum absolute atomic E-state index is 0.0328. The van der Waals surface area contributed by atoms with Crippen molar-refractivity contribution in [3.8, 4) is 0 Å². The van der Waals surface area contributed by atoms with E-state index in [-0.39, 0.29) is 11.3 Å². The first kappa shape index (κ1) is 15.6. The molecule has 2 nitrogen and oxygen atoms in total. The van der Waals surface area contributed by atoms with E-state index in [0.717, 1.165) is 22.7 Å². The van der Waals surface area contributed by atoms with Gasteiger partial charge >= 0.3 is 0 Å². The molecule has 1 aromatic carbocycles. The molecule has 1 N–H and O–H groups in total. The molecule has 1 heterocycles. The minimum Gasteiger partial charge on any atom is -0.379 e. The number of carbonyl (C=O) groups is 1. The largest absolute Gasteiger partial charge is 0.379 e. The van der Waals surface area contributed by atoms with Crippen LogP contribution in [0.5, 0.6) is 0 Å². The van der Waals surface area contributed by atoms with Crippen LogP contribution < -0.4 is 5.32 Å². The average Bonchev–Trinajstić information content (AvgIpc) is 2.72. The molecule has 0 saturated heterocycles. The van der Waals surface area contributed by atoms with Gasteiger partial charge in [0.1, 0.15) is 0 Å². The van der Waals surface area contributed by atoms with Gasteiger partial charge in [-0.3, -0.25) is 4.79 Å². The van der Waals surface area contributed by atoms with E-state index in [0.29, 0.717) is 5.57 Å². The van der Waals surface area contributed by atoms with Gasteiger partial charge < -0.3 is 5.32 Å². The Morgan fingerprint density at radius 1 is 1.38 bits per heavy atom. The first-order valence-corrected chi connectivity index (χ1v) is 7.32. The Labute approximate surface area is 131 Å². The maximum atomic E-state index is 11.5. The van der Waals surface area contributed by atoms with Gasteiger partial charge in [0.05, 0.1) is 5.54 Å². The van der Waals surface area contributed by atoms with E-state index >= 15 is 0 Å². The van der Waals surface area contributed by atoms with Crippen LogP contribution in [-0.4, -0.2) is 5.78 Å². The lowest BCUT2D eigenvalue weighted by Gasteiger charge is -2.27. The number of nitrogens with one attached hydrogen (secondary N) is 1. The van der Waals surface area contributed by atoms with Gasteiger partial charge in [-0.15, -0.1) is 0 Å². The van der Waals surface area contributed by atoms with Crippen LogP contribution in [0.4, 0.5) is 0 Å². The lowest BCUT2D eigenvalue weighted by Crippen LogP contribution is -2.33. The standard InChI is InChI=1S/C18H20ClNO/c1-5-14(13(3)21)10-15-11-18(4,20-12(15)2)16-6-8-17(19)9-7-16/h5-10,20H,1,11H2,2-4H3/b14-10+/t18-/m1/s1. The number of carbonyl (C=O) groups excluding carboxylic acids is 1. The quantitative estimate of drug-likeness (QED) is 0.654. The molecule has 3 heteroatoms. The van der Waals surface area contributed by atoms with Crippen LogP contribution in [0.2, 0.25) is 5.02 Å². The van der Waals surface area contributed by atoms with Gasteiger partial charge in [-0.2, -0.15) is 0 Å². The van der Waals surface area contributed by atoms with Crippen molar-refractivity contribution in [2.75, 3.05) is 0 Å². The summed E-state index contributed by atoms with van der Waals surface area (Å²) in [6.07, 6.45) is 4.37. The second-order valence-electron chi connectivity index (χ2n) is 5.65. The fourth-order valence-electron chi connectivity index (χ4n) is 2.70. The molecule has 0 amide bonds. The van der Waals surface area contributed by atoms with Gasteiger partial charge in [-0.25, -0.2) is 0 Å². The van der Waals surface area contributed by atoms with Crippen molar-refractivity contribution in [2.45, 2.75) is 32.7 Å². The van der Waals surface area contributed by atoms with Crippen LogP contribution in [0.3, 0.4) is 0 Å². The number of Topliss-reactive ketones (excluding diaryl/α,β-unsaturated/α-hetero) is 1. The molecule has 1 aliphatic rings. The zero-order chi connectivity index (χ0) is 15.6. The van der Waals surface area contributed by atoms with Gasteiger partial charge in [0, 0.05) is 22.7 Å². The van der Waals surface area contributed by atoms with Crippen molar-refractivity contribution in [3.63, 3.8) is 0 Å². The molecule has 1 aromatic rings. The first-order valence-electron chi connectivity index (χ1n) is 6.95. The molecule has 0 unspecified atom stereocenters. The normalized spacial score (nSPS) is 22.2. The van der Waals surface area contributed by atoms with Gasteiger partial charge in [-0.1, -0.05) is 36.4 Å². The maximum absolute atomic E-state index is 11.5. The van der Waals surface area contributed by atoms with Crippen molar-refractivity contribution in [2.24, 2.45) is 0 Å². The highest BCUT2D eigenvalue weighted by atomic mass is 35.5. The molecule has 0 spiro atoms. The van der Waals surface area contributed by atoms with Crippen LogP contribution >= 0.6 is 11.6 Å². The highest BCUT2D eigenvalue weighted by Gasteiger charge is 2.33. The SMILES string of the molecule is C=C/C(=C\C1=C(C)N[C@@](C)(c2ccc(Cl)cc2)C1)C(C)=O. The molecule has 0 fully saturated rings. The van der Waals surface area contributed by atoms with Gasteiger partial charge in [0.25, 0.3) is 0 Å². The fraction of sp³-hybridized carbons (Fsp3) is 0.278. The Morgan fingerprint density at radius 2 is 2.00 bits per heavy atom. The van der Waals surface area contributed by atoms with Crippen molar-refractivity contribution in [1.82, 2.24) is 5.32 Å². The Morgan fingerprint density at radius 3 is 2.52 bits per heavy atom. The van der Waals surface area contributed by atoms with Crippen molar-refractivity contribution >= 4 is 17.4 Å². The molecule has 110 valence electrons. The fourth-order valence-corrected chi connectivity index (χ4v) is 2.82. The number of hydrogen-bond donors (Lipinski definition) is 1. The average molecular weight is 302 g/mol. The summed E-state index contributed by atoms with van der Waals surface area (Å²) in [6, 6.07) is 7.87. The van der Waals surface area contributed by atoms with Crippen molar-refractivity contribution < 1.29 is 4.79 Å². The maximum Gasteiger partial charge on any atom is 0.159 e. The molecule has 0 saturated carbocycles.